The molecule has 3 N–H and O–H groups in total. The first-order valence-electron chi connectivity index (χ1n) is 7.25. The average molecular weight is 272 g/mol. The number of carbonyl (C=O) groups is 1. The Kier molecular flexibility index (Phi) is 5.02. The molecule has 1 aliphatic carbocycles. The van der Waals surface area contributed by atoms with Gasteiger partial charge in [0.25, 0.3) is 0 Å². The molecule has 0 heterocycles. The van der Waals surface area contributed by atoms with Gasteiger partial charge in [-0.05, 0) is 57.8 Å². The maximum absolute atomic E-state index is 10.8. The summed E-state index contributed by atoms with van der Waals surface area (Å²) in [5, 5.41) is 29.6. The van der Waals surface area contributed by atoms with E-state index in [1.165, 1.54) is 0 Å². The summed E-state index contributed by atoms with van der Waals surface area (Å²) in [6.45, 7) is 7.34. The minimum absolute atomic E-state index is 0.0689. The van der Waals surface area contributed by atoms with Crippen LogP contribution >= 0.6 is 0 Å². The third-order valence-corrected chi connectivity index (χ3v) is 5.09. The van der Waals surface area contributed by atoms with Gasteiger partial charge in [-0.15, -0.1) is 0 Å². The molecule has 0 amide bonds. The molecule has 0 bridgehead atoms. The van der Waals surface area contributed by atoms with Crippen molar-refractivity contribution in [2.24, 2.45) is 17.8 Å². The largest absolute Gasteiger partial charge is 0.481 e. The van der Waals surface area contributed by atoms with Gasteiger partial charge >= 0.3 is 5.97 Å². The summed E-state index contributed by atoms with van der Waals surface area (Å²) >= 11 is 0. The zero-order valence-electron chi connectivity index (χ0n) is 12.5. The number of hydrogen-bond acceptors (Lipinski definition) is 3. The zero-order chi connectivity index (χ0) is 14.8. The lowest BCUT2D eigenvalue weighted by atomic mass is 9.76. The number of aliphatic carboxylic acids is 1. The molecule has 0 aromatic heterocycles. The second-order valence-electron chi connectivity index (χ2n) is 6.78. The molecule has 1 saturated carbocycles. The van der Waals surface area contributed by atoms with E-state index in [4.69, 9.17) is 5.11 Å². The fraction of sp³-hybridized carbons (Fsp3) is 0.933. The lowest BCUT2D eigenvalue weighted by Crippen LogP contribution is -2.40. The van der Waals surface area contributed by atoms with Gasteiger partial charge in [-0.2, -0.15) is 0 Å². The summed E-state index contributed by atoms with van der Waals surface area (Å²) in [7, 11) is 0. The smallest absolute Gasteiger partial charge is 0.306 e. The number of carboxylic acids is 1. The van der Waals surface area contributed by atoms with Crippen LogP contribution in [0.5, 0.6) is 0 Å². The predicted molar refractivity (Wildman–Crippen MR) is 73.8 cm³/mol. The van der Waals surface area contributed by atoms with Crippen LogP contribution in [0.2, 0.25) is 0 Å². The highest BCUT2D eigenvalue weighted by Gasteiger charge is 2.48. The van der Waals surface area contributed by atoms with Gasteiger partial charge in [0.2, 0.25) is 0 Å². The normalized spacial score (nSPS) is 35.9. The van der Waals surface area contributed by atoms with Gasteiger partial charge in [0, 0.05) is 0 Å². The van der Waals surface area contributed by atoms with Crippen molar-refractivity contribution in [2.75, 3.05) is 0 Å². The van der Waals surface area contributed by atoms with E-state index in [1.54, 1.807) is 6.92 Å². The van der Waals surface area contributed by atoms with E-state index in [9.17, 15) is 15.0 Å². The first kappa shape index (κ1) is 16.4. The fourth-order valence-corrected chi connectivity index (χ4v) is 3.28. The molecule has 19 heavy (non-hydrogen) atoms. The summed E-state index contributed by atoms with van der Waals surface area (Å²) in [4.78, 5) is 10.8. The minimum atomic E-state index is -0.821. The highest BCUT2D eigenvalue weighted by Crippen LogP contribution is 2.46. The lowest BCUT2D eigenvalue weighted by Gasteiger charge is -2.36. The highest BCUT2D eigenvalue weighted by atomic mass is 16.4. The molecule has 0 spiro atoms. The van der Waals surface area contributed by atoms with Crippen LogP contribution in [-0.2, 0) is 4.79 Å². The third-order valence-electron chi connectivity index (χ3n) is 5.09. The molecular formula is C15H28O4. The molecule has 4 heteroatoms. The molecule has 5 atom stereocenters. The van der Waals surface area contributed by atoms with Crippen LogP contribution in [0.1, 0.15) is 59.8 Å². The molecule has 1 fully saturated rings. The van der Waals surface area contributed by atoms with E-state index in [-0.39, 0.29) is 17.8 Å². The summed E-state index contributed by atoms with van der Waals surface area (Å²) < 4.78 is 0. The van der Waals surface area contributed by atoms with Crippen LogP contribution < -0.4 is 0 Å². The Hall–Kier alpha value is -0.610. The summed E-state index contributed by atoms with van der Waals surface area (Å²) in [6.07, 6.45) is 3.43. The van der Waals surface area contributed by atoms with Crippen LogP contribution in [0.4, 0.5) is 0 Å². The van der Waals surface area contributed by atoms with Gasteiger partial charge in [-0.1, -0.05) is 13.8 Å². The third kappa shape index (κ3) is 3.93. The van der Waals surface area contributed by atoms with E-state index in [0.29, 0.717) is 19.3 Å². The van der Waals surface area contributed by atoms with Crippen molar-refractivity contribution in [3.8, 4) is 0 Å². The number of aliphatic hydroxyl groups is 2. The molecule has 112 valence electrons. The molecule has 4 nitrogen and oxygen atoms in total. The SMILES string of the molecule is C[C@H](CCC[C@](C)(O)[C@@H]1CC[C@@](C)(O)[C@H]1C)C(=O)O. The van der Waals surface area contributed by atoms with E-state index in [1.807, 2.05) is 20.8 Å². The van der Waals surface area contributed by atoms with Crippen molar-refractivity contribution in [1.82, 2.24) is 0 Å². The van der Waals surface area contributed by atoms with Gasteiger partial charge < -0.3 is 15.3 Å². The van der Waals surface area contributed by atoms with Crippen molar-refractivity contribution < 1.29 is 20.1 Å². The van der Waals surface area contributed by atoms with Crippen LogP contribution in [0.3, 0.4) is 0 Å². The molecule has 1 rings (SSSR count). The molecule has 0 aromatic rings. The Morgan fingerprint density at radius 3 is 2.53 bits per heavy atom. The Bertz CT molecular complexity index is 322. The van der Waals surface area contributed by atoms with E-state index in [2.05, 4.69) is 0 Å². The summed E-state index contributed by atoms with van der Waals surface area (Å²) in [6, 6.07) is 0. The second-order valence-corrected chi connectivity index (χ2v) is 6.78. The van der Waals surface area contributed by atoms with Crippen LogP contribution in [-0.4, -0.2) is 32.5 Å². The first-order valence-corrected chi connectivity index (χ1v) is 7.25. The van der Waals surface area contributed by atoms with Gasteiger partial charge in [-0.3, -0.25) is 4.79 Å². The van der Waals surface area contributed by atoms with Gasteiger partial charge in [0.15, 0.2) is 0 Å². The fourth-order valence-electron chi connectivity index (χ4n) is 3.28. The number of rotatable bonds is 6. The Labute approximate surface area is 115 Å². The summed E-state index contributed by atoms with van der Waals surface area (Å²) in [5.74, 6) is -0.987. The standard InChI is InChI=1S/C15H28O4/c1-10(13(16)17)6-5-8-15(4,19)12-7-9-14(3,18)11(12)2/h10-12,18-19H,5-9H2,1-4H3,(H,16,17)/t10-,11+,12-,14-,15+/m1/s1. The predicted octanol–water partition coefficient (Wildman–Crippen LogP) is 2.43. The minimum Gasteiger partial charge on any atom is -0.481 e. The maximum Gasteiger partial charge on any atom is 0.306 e. The van der Waals surface area contributed by atoms with Crippen molar-refractivity contribution in [3.63, 3.8) is 0 Å². The molecule has 0 aromatic carbocycles. The van der Waals surface area contributed by atoms with Gasteiger partial charge in [-0.25, -0.2) is 0 Å². The van der Waals surface area contributed by atoms with Crippen molar-refractivity contribution in [2.45, 2.75) is 71.0 Å². The van der Waals surface area contributed by atoms with Crippen LogP contribution in [0, 0.1) is 17.8 Å². The van der Waals surface area contributed by atoms with Crippen molar-refractivity contribution in [1.29, 1.82) is 0 Å². The van der Waals surface area contributed by atoms with Gasteiger partial charge in [0.05, 0.1) is 17.1 Å². The molecule has 0 unspecified atom stereocenters. The van der Waals surface area contributed by atoms with Crippen LogP contribution in [0.15, 0.2) is 0 Å². The molecule has 1 aliphatic rings. The van der Waals surface area contributed by atoms with E-state index < -0.39 is 17.2 Å². The molecular weight excluding hydrogens is 244 g/mol. The number of carboxylic acid groups (broad SMARTS) is 1. The second kappa shape index (κ2) is 5.80. The van der Waals surface area contributed by atoms with Crippen molar-refractivity contribution in [3.05, 3.63) is 0 Å². The van der Waals surface area contributed by atoms with Crippen LogP contribution in [0.25, 0.3) is 0 Å². The van der Waals surface area contributed by atoms with Crippen molar-refractivity contribution >= 4 is 5.97 Å². The topological polar surface area (TPSA) is 77.8 Å². The first-order chi connectivity index (χ1) is 8.58. The zero-order valence-corrected chi connectivity index (χ0v) is 12.5. The lowest BCUT2D eigenvalue weighted by molar-refractivity contribution is -0.141. The summed E-state index contributed by atoms with van der Waals surface area (Å²) in [5.41, 5.74) is -1.51. The highest BCUT2D eigenvalue weighted by molar-refractivity contribution is 5.69. The molecule has 0 aliphatic heterocycles. The quantitative estimate of drug-likeness (QED) is 0.694. The average Bonchev–Trinajstić information content (AvgIpc) is 2.54. The Morgan fingerprint density at radius 1 is 1.53 bits per heavy atom. The molecule has 0 radical (unpaired) electrons. The van der Waals surface area contributed by atoms with E-state index in [0.717, 1.165) is 12.8 Å². The monoisotopic (exact) mass is 272 g/mol. The number of hydrogen-bond donors (Lipinski definition) is 3. The van der Waals surface area contributed by atoms with Gasteiger partial charge in [0.1, 0.15) is 0 Å². The Balaban J connectivity index is 2.50. The van der Waals surface area contributed by atoms with E-state index >= 15 is 0 Å². The Morgan fingerprint density at radius 2 is 2.11 bits per heavy atom. The maximum atomic E-state index is 10.8. The molecule has 0 saturated heterocycles.